The second-order valence-corrected chi connectivity index (χ2v) is 5.37. The van der Waals surface area contributed by atoms with E-state index >= 15 is 0 Å². The Balaban J connectivity index is 2.26. The molecule has 2 rings (SSSR count). The SMILES string of the molecule is Cc1ccc(Br)cc1C(=O)Nc1ccc(C(=O)O)c(O)c1. The van der Waals surface area contributed by atoms with Gasteiger partial charge in [-0.15, -0.1) is 0 Å². The monoisotopic (exact) mass is 349 g/mol. The topological polar surface area (TPSA) is 86.6 Å². The zero-order valence-corrected chi connectivity index (χ0v) is 12.6. The van der Waals surface area contributed by atoms with Gasteiger partial charge in [0.2, 0.25) is 0 Å². The Labute approximate surface area is 129 Å². The van der Waals surface area contributed by atoms with Crippen LogP contribution in [0.5, 0.6) is 5.75 Å². The van der Waals surface area contributed by atoms with Crippen molar-refractivity contribution in [2.24, 2.45) is 0 Å². The van der Waals surface area contributed by atoms with Crippen LogP contribution >= 0.6 is 15.9 Å². The van der Waals surface area contributed by atoms with E-state index in [0.29, 0.717) is 11.3 Å². The van der Waals surface area contributed by atoms with Crippen molar-refractivity contribution in [3.8, 4) is 5.75 Å². The molecule has 21 heavy (non-hydrogen) atoms. The van der Waals surface area contributed by atoms with E-state index < -0.39 is 11.7 Å². The van der Waals surface area contributed by atoms with E-state index in [4.69, 9.17) is 5.11 Å². The molecule has 0 aliphatic carbocycles. The van der Waals surface area contributed by atoms with Crippen LogP contribution in [0.4, 0.5) is 5.69 Å². The van der Waals surface area contributed by atoms with E-state index in [-0.39, 0.29) is 11.5 Å². The van der Waals surface area contributed by atoms with Gasteiger partial charge in [-0.1, -0.05) is 22.0 Å². The number of aromatic carboxylic acids is 1. The molecule has 2 aromatic carbocycles. The number of hydrogen-bond acceptors (Lipinski definition) is 3. The average Bonchev–Trinajstić information content (AvgIpc) is 2.41. The van der Waals surface area contributed by atoms with Crippen LogP contribution in [-0.4, -0.2) is 22.1 Å². The van der Waals surface area contributed by atoms with Gasteiger partial charge in [0.05, 0.1) is 0 Å². The van der Waals surface area contributed by atoms with Gasteiger partial charge in [0.15, 0.2) is 0 Å². The van der Waals surface area contributed by atoms with Crippen LogP contribution in [0.25, 0.3) is 0 Å². The van der Waals surface area contributed by atoms with Crippen LogP contribution in [0.2, 0.25) is 0 Å². The highest BCUT2D eigenvalue weighted by Crippen LogP contribution is 2.23. The summed E-state index contributed by atoms with van der Waals surface area (Å²) in [7, 11) is 0. The number of nitrogens with one attached hydrogen (secondary N) is 1. The molecule has 3 N–H and O–H groups in total. The Hall–Kier alpha value is -2.34. The number of rotatable bonds is 3. The van der Waals surface area contributed by atoms with Crippen molar-refractivity contribution in [3.63, 3.8) is 0 Å². The highest BCUT2D eigenvalue weighted by molar-refractivity contribution is 9.10. The molecule has 0 bridgehead atoms. The summed E-state index contributed by atoms with van der Waals surface area (Å²) < 4.78 is 0.780. The van der Waals surface area contributed by atoms with Crippen molar-refractivity contribution in [2.45, 2.75) is 6.92 Å². The quantitative estimate of drug-likeness (QED) is 0.792. The molecule has 0 aliphatic rings. The molecular formula is C15H12BrNO4. The van der Waals surface area contributed by atoms with E-state index in [2.05, 4.69) is 21.2 Å². The van der Waals surface area contributed by atoms with Crippen molar-refractivity contribution in [2.75, 3.05) is 5.32 Å². The van der Waals surface area contributed by atoms with E-state index in [1.165, 1.54) is 18.2 Å². The van der Waals surface area contributed by atoms with Crippen LogP contribution in [0.15, 0.2) is 40.9 Å². The highest BCUT2D eigenvalue weighted by atomic mass is 79.9. The smallest absolute Gasteiger partial charge is 0.339 e. The highest BCUT2D eigenvalue weighted by Gasteiger charge is 2.13. The predicted octanol–water partition coefficient (Wildman–Crippen LogP) is 3.41. The first-order chi connectivity index (χ1) is 9.88. The molecule has 2 aromatic rings. The molecule has 1 amide bonds. The molecule has 0 spiro atoms. The lowest BCUT2D eigenvalue weighted by molar-refractivity contribution is 0.0693. The van der Waals surface area contributed by atoms with E-state index in [0.717, 1.165) is 10.0 Å². The largest absolute Gasteiger partial charge is 0.507 e. The van der Waals surface area contributed by atoms with Crippen LogP contribution in [0.3, 0.4) is 0 Å². The molecule has 0 aliphatic heterocycles. The lowest BCUT2D eigenvalue weighted by Crippen LogP contribution is -2.13. The molecule has 0 aromatic heterocycles. The van der Waals surface area contributed by atoms with Gasteiger partial charge < -0.3 is 15.5 Å². The minimum Gasteiger partial charge on any atom is -0.507 e. The van der Waals surface area contributed by atoms with Crippen LogP contribution < -0.4 is 5.32 Å². The number of phenols is 1. The number of carboxylic acid groups (broad SMARTS) is 1. The number of amides is 1. The van der Waals surface area contributed by atoms with E-state index in [1.54, 1.807) is 6.07 Å². The molecule has 0 radical (unpaired) electrons. The predicted molar refractivity (Wildman–Crippen MR) is 81.9 cm³/mol. The molecule has 0 heterocycles. The zero-order chi connectivity index (χ0) is 15.6. The number of carbonyl (C=O) groups is 2. The first-order valence-corrected chi connectivity index (χ1v) is 6.81. The van der Waals surface area contributed by atoms with Gasteiger partial charge in [0.25, 0.3) is 5.91 Å². The summed E-state index contributed by atoms with van der Waals surface area (Å²) in [6, 6.07) is 9.20. The summed E-state index contributed by atoms with van der Waals surface area (Å²) in [4.78, 5) is 23.0. The normalized spacial score (nSPS) is 10.2. The number of halogens is 1. The fraction of sp³-hybridized carbons (Fsp3) is 0.0667. The summed E-state index contributed by atoms with van der Waals surface area (Å²) in [5.74, 6) is -1.96. The van der Waals surface area contributed by atoms with Gasteiger partial charge in [0.1, 0.15) is 11.3 Å². The Kier molecular flexibility index (Phi) is 4.28. The second kappa shape index (κ2) is 5.97. The lowest BCUT2D eigenvalue weighted by atomic mass is 10.1. The molecular weight excluding hydrogens is 338 g/mol. The molecule has 6 heteroatoms. The summed E-state index contributed by atoms with van der Waals surface area (Å²) >= 11 is 3.30. The Bertz CT molecular complexity index is 728. The van der Waals surface area contributed by atoms with E-state index in [1.807, 2.05) is 19.1 Å². The van der Waals surface area contributed by atoms with Crippen molar-refractivity contribution < 1.29 is 19.8 Å². The first-order valence-electron chi connectivity index (χ1n) is 6.02. The summed E-state index contributed by atoms with van der Waals surface area (Å²) in [5.41, 5.74) is 1.40. The van der Waals surface area contributed by atoms with Gasteiger partial charge in [-0.25, -0.2) is 4.79 Å². The molecule has 0 saturated carbocycles. The molecule has 108 valence electrons. The zero-order valence-electron chi connectivity index (χ0n) is 11.1. The lowest BCUT2D eigenvalue weighted by Gasteiger charge is -2.09. The molecule has 5 nitrogen and oxygen atoms in total. The number of carboxylic acids is 1. The fourth-order valence-electron chi connectivity index (χ4n) is 1.83. The average molecular weight is 350 g/mol. The third-order valence-electron chi connectivity index (χ3n) is 2.93. The number of aryl methyl sites for hydroxylation is 1. The van der Waals surface area contributed by atoms with Crippen molar-refractivity contribution >= 4 is 33.5 Å². The second-order valence-electron chi connectivity index (χ2n) is 4.45. The standard InChI is InChI=1S/C15H12BrNO4/c1-8-2-3-9(16)6-12(8)14(19)17-10-4-5-11(15(20)21)13(18)7-10/h2-7,18H,1H3,(H,17,19)(H,20,21). The maximum Gasteiger partial charge on any atom is 0.339 e. The fourth-order valence-corrected chi connectivity index (χ4v) is 2.19. The maximum absolute atomic E-state index is 12.2. The summed E-state index contributed by atoms with van der Waals surface area (Å²) in [6.07, 6.45) is 0. The molecule has 0 atom stereocenters. The minimum absolute atomic E-state index is 0.216. The van der Waals surface area contributed by atoms with Crippen LogP contribution in [0.1, 0.15) is 26.3 Å². The molecule has 0 fully saturated rings. The Morgan fingerprint density at radius 1 is 1.10 bits per heavy atom. The number of anilines is 1. The van der Waals surface area contributed by atoms with E-state index in [9.17, 15) is 14.7 Å². The third-order valence-corrected chi connectivity index (χ3v) is 3.42. The van der Waals surface area contributed by atoms with Crippen molar-refractivity contribution in [3.05, 3.63) is 57.6 Å². The van der Waals surface area contributed by atoms with Gasteiger partial charge in [-0.3, -0.25) is 4.79 Å². The number of benzene rings is 2. The van der Waals surface area contributed by atoms with Gasteiger partial charge in [-0.05, 0) is 36.8 Å². The van der Waals surface area contributed by atoms with Gasteiger partial charge >= 0.3 is 5.97 Å². The van der Waals surface area contributed by atoms with Gasteiger partial charge in [-0.2, -0.15) is 0 Å². The Morgan fingerprint density at radius 3 is 2.43 bits per heavy atom. The molecule has 0 unspecified atom stereocenters. The number of carbonyl (C=O) groups excluding carboxylic acids is 1. The summed E-state index contributed by atoms with van der Waals surface area (Å²) in [5, 5.41) is 21.1. The maximum atomic E-state index is 12.2. The van der Waals surface area contributed by atoms with Crippen LogP contribution in [-0.2, 0) is 0 Å². The number of hydrogen-bond donors (Lipinski definition) is 3. The van der Waals surface area contributed by atoms with Crippen LogP contribution in [0, 0.1) is 6.92 Å². The summed E-state index contributed by atoms with van der Waals surface area (Å²) in [6.45, 7) is 1.81. The minimum atomic E-state index is -1.23. The first kappa shape index (κ1) is 15.1. The molecule has 0 saturated heterocycles. The van der Waals surface area contributed by atoms with Gasteiger partial charge in [0, 0.05) is 21.8 Å². The van der Waals surface area contributed by atoms with Crippen molar-refractivity contribution in [1.82, 2.24) is 0 Å². The number of aromatic hydroxyl groups is 1. The van der Waals surface area contributed by atoms with Crippen molar-refractivity contribution in [1.29, 1.82) is 0 Å². The third kappa shape index (κ3) is 3.41. The Morgan fingerprint density at radius 2 is 1.81 bits per heavy atom.